The number of aliphatic carboxylic acids is 1. The summed E-state index contributed by atoms with van der Waals surface area (Å²) in [6.45, 7) is 7.28. The molecule has 1 saturated heterocycles. The van der Waals surface area contributed by atoms with E-state index in [0.717, 1.165) is 4.47 Å². The van der Waals surface area contributed by atoms with Crippen LogP contribution in [0.15, 0.2) is 22.7 Å². The Labute approximate surface area is 122 Å². The highest BCUT2D eigenvalue weighted by atomic mass is 79.9. The van der Waals surface area contributed by atoms with Crippen LogP contribution in [0.2, 0.25) is 0 Å². The zero-order chi connectivity index (χ0) is 14.3. The second kappa shape index (κ2) is 4.91. The molecule has 0 saturated carbocycles. The van der Waals surface area contributed by atoms with E-state index < -0.39 is 5.97 Å². The lowest BCUT2D eigenvalue weighted by Gasteiger charge is -2.53. The summed E-state index contributed by atoms with van der Waals surface area (Å²) >= 11 is 3.50. The molecule has 1 fully saturated rings. The SMILES string of the molecule is Cc1ccc(Br)cc1C1(C(C)(C)CC(=O)O)COC1. The van der Waals surface area contributed by atoms with Gasteiger partial charge in [0.2, 0.25) is 0 Å². The van der Waals surface area contributed by atoms with Crippen LogP contribution >= 0.6 is 15.9 Å². The third-order valence-electron chi connectivity index (χ3n) is 4.30. The first kappa shape index (κ1) is 14.5. The van der Waals surface area contributed by atoms with E-state index in [2.05, 4.69) is 35.0 Å². The van der Waals surface area contributed by atoms with Crippen molar-refractivity contribution in [2.45, 2.75) is 32.6 Å². The molecule has 0 atom stereocenters. The van der Waals surface area contributed by atoms with Crippen LogP contribution in [0.25, 0.3) is 0 Å². The molecule has 0 radical (unpaired) electrons. The van der Waals surface area contributed by atoms with Gasteiger partial charge in [-0.25, -0.2) is 0 Å². The van der Waals surface area contributed by atoms with Crippen molar-refractivity contribution < 1.29 is 14.6 Å². The Balaban J connectivity index is 2.48. The topological polar surface area (TPSA) is 46.5 Å². The number of carboxylic acid groups (broad SMARTS) is 1. The maximum Gasteiger partial charge on any atom is 0.303 e. The summed E-state index contributed by atoms with van der Waals surface area (Å²) in [6.07, 6.45) is 0.141. The van der Waals surface area contributed by atoms with E-state index in [1.807, 2.05) is 19.9 Å². The van der Waals surface area contributed by atoms with Gasteiger partial charge in [0, 0.05) is 9.89 Å². The fourth-order valence-electron chi connectivity index (χ4n) is 2.87. The van der Waals surface area contributed by atoms with Crippen molar-refractivity contribution in [2.24, 2.45) is 5.41 Å². The Morgan fingerprint density at radius 3 is 2.58 bits per heavy atom. The highest BCUT2D eigenvalue weighted by molar-refractivity contribution is 9.10. The number of carboxylic acids is 1. The lowest BCUT2D eigenvalue weighted by molar-refractivity contribution is -0.151. The molecule has 1 aliphatic rings. The summed E-state index contributed by atoms with van der Waals surface area (Å²) < 4.78 is 6.47. The molecule has 0 bridgehead atoms. The first-order valence-corrected chi connectivity index (χ1v) is 7.14. The largest absolute Gasteiger partial charge is 0.481 e. The van der Waals surface area contributed by atoms with E-state index in [0.29, 0.717) is 13.2 Å². The number of halogens is 1. The molecule has 0 amide bonds. The first-order valence-electron chi connectivity index (χ1n) is 6.35. The van der Waals surface area contributed by atoms with Gasteiger partial charge in [-0.3, -0.25) is 4.79 Å². The van der Waals surface area contributed by atoms with Gasteiger partial charge in [0.1, 0.15) is 0 Å². The third-order valence-corrected chi connectivity index (χ3v) is 4.79. The molecule has 0 aliphatic carbocycles. The standard InChI is InChI=1S/C15H19BrO3/c1-10-4-5-11(16)6-12(10)15(8-19-9-15)14(2,3)7-13(17)18/h4-6H,7-9H2,1-3H3,(H,17,18). The van der Waals surface area contributed by atoms with E-state index in [4.69, 9.17) is 9.84 Å². The van der Waals surface area contributed by atoms with Crippen LogP contribution in [0.3, 0.4) is 0 Å². The van der Waals surface area contributed by atoms with E-state index >= 15 is 0 Å². The zero-order valence-electron chi connectivity index (χ0n) is 11.5. The number of aryl methyl sites for hydroxylation is 1. The summed E-state index contributed by atoms with van der Waals surface area (Å²) in [6, 6.07) is 6.17. The smallest absolute Gasteiger partial charge is 0.303 e. The van der Waals surface area contributed by atoms with Crippen LogP contribution in [-0.4, -0.2) is 24.3 Å². The molecule has 0 aromatic heterocycles. The average molecular weight is 327 g/mol. The number of rotatable bonds is 4. The first-order chi connectivity index (χ1) is 8.78. The van der Waals surface area contributed by atoms with Gasteiger partial charge < -0.3 is 9.84 Å². The molecule has 4 heteroatoms. The monoisotopic (exact) mass is 326 g/mol. The molecule has 1 N–H and O–H groups in total. The van der Waals surface area contributed by atoms with Gasteiger partial charge in [-0.2, -0.15) is 0 Å². The van der Waals surface area contributed by atoms with E-state index in [-0.39, 0.29) is 17.3 Å². The molecule has 2 rings (SSSR count). The summed E-state index contributed by atoms with van der Waals surface area (Å²) in [5.74, 6) is -0.760. The normalized spacial score (nSPS) is 17.9. The molecule has 1 aromatic rings. The molecular formula is C15H19BrO3. The maximum absolute atomic E-state index is 11.1. The maximum atomic E-state index is 11.1. The predicted octanol–water partition coefficient (Wildman–Crippen LogP) is 3.53. The number of benzene rings is 1. The van der Waals surface area contributed by atoms with Crippen LogP contribution < -0.4 is 0 Å². The molecule has 1 aliphatic heterocycles. The van der Waals surface area contributed by atoms with Gasteiger partial charge in [0.25, 0.3) is 0 Å². The van der Waals surface area contributed by atoms with Crippen LogP contribution in [0.5, 0.6) is 0 Å². The average Bonchev–Trinajstić information content (AvgIpc) is 2.19. The number of carbonyl (C=O) groups is 1. The Kier molecular flexibility index (Phi) is 3.76. The fraction of sp³-hybridized carbons (Fsp3) is 0.533. The lowest BCUT2D eigenvalue weighted by atomic mass is 9.58. The molecule has 3 nitrogen and oxygen atoms in total. The quantitative estimate of drug-likeness (QED) is 0.920. The minimum atomic E-state index is -0.760. The molecule has 1 aromatic carbocycles. The highest BCUT2D eigenvalue weighted by Gasteiger charge is 2.53. The van der Waals surface area contributed by atoms with Crippen LogP contribution in [0.4, 0.5) is 0 Å². The van der Waals surface area contributed by atoms with Crippen molar-refractivity contribution in [3.05, 3.63) is 33.8 Å². The van der Waals surface area contributed by atoms with Crippen LogP contribution in [0, 0.1) is 12.3 Å². The minimum Gasteiger partial charge on any atom is -0.481 e. The molecular weight excluding hydrogens is 308 g/mol. The zero-order valence-corrected chi connectivity index (χ0v) is 13.1. The molecule has 104 valence electrons. The van der Waals surface area contributed by atoms with Crippen molar-refractivity contribution in [1.29, 1.82) is 0 Å². The summed E-state index contributed by atoms with van der Waals surface area (Å²) in [4.78, 5) is 11.1. The Morgan fingerprint density at radius 1 is 1.47 bits per heavy atom. The van der Waals surface area contributed by atoms with Gasteiger partial charge in [-0.15, -0.1) is 0 Å². The number of hydrogen-bond donors (Lipinski definition) is 1. The third kappa shape index (κ3) is 2.43. The van der Waals surface area contributed by atoms with Gasteiger partial charge in [-0.05, 0) is 35.6 Å². The van der Waals surface area contributed by atoms with Crippen molar-refractivity contribution in [1.82, 2.24) is 0 Å². The Morgan fingerprint density at radius 2 is 2.11 bits per heavy atom. The van der Waals surface area contributed by atoms with Gasteiger partial charge in [-0.1, -0.05) is 35.8 Å². The van der Waals surface area contributed by atoms with Gasteiger partial charge in [0.15, 0.2) is 0 Å². The molecule has 0 spiro atoms. The van der Waals surface area contributed by atoms with Crippen molar-refractivity contribution >= 4 is 21.9 Å². The van der Waals surface area contributed by atoms with E-state index in [1.54, 1.807) is 0 Å². The summed E-state index contributed by atoms with van der Waals surface area (Å²) in [7, 11) is 0. The van der Waals surface area contributed by atoms with Gasteiger partial charge >= 0.3 is 5.97 Å². The minimum absolute atomic E-state index is 0.141. The predicted molar refractivity (Wildman–Crippen MR) is 77.4 cm³/mol. The fourth-order valence-corrected chi connectivity index (χ4v) is 3.24. The summed E-state index contributed by atoms with van der Waals surface area (Å²) in [5.41, 5.74) is 1.83. The van der Waals surface area contributed by atoms with Crippen molar-refractivity contribution in [2.75, 3.05) is 13.2 Å². The molecule has 19 heavy (non-hydrogen) atoms. The second-order valence-electron chi connectivity index (χ2n) is 5.99. The van der Waals surface area contributed by atoms with E-state index in [9.17, 15) is 4.79 Å². The Bertz CT molecular complexity index is 504. The second-order valence-corrected chi connectivity index (χ2v) is 6.90. The Hall–Kier alpha value is -0.870. The van der Waals surface area contributed by atoms with Crippen molar-refractivity contribution in [3.63, 3.8) is 0 Å². The van der Waals surface area contributed by atoms with Gasteiger partial charge in [0.05, 0.1) is 19.6 Å². The van der Waals surface area contributed by atoms with Crippen LogP contribution in [-0.2, 0) is 14.9 Å². The number of hydrogen-bond acceptors (Lipinski definition) is 2. The highest BCUT2D eigenvalue weighted by Crippen LogP contribution is 2.50. The lowest BCUT2D eigenvalue weighted by Crippen LogP contribution is -2.57. The molecule has 1 heterocycles. The van der Waals surface area contributed by atoms with E-state index in [1.165, 1.54) is 11.1 Å². The van der Waals surface area contributed by atoms with Crippen LogP contribution in [0.1, 0.15) is 31.4 Å². The molecule has 0 unspecified atom stereocenters. The van der Waals surface area contributed by atoms with Crippen molar-refractivity contribution in [3.8, 4) is 0 Å². The number of ether oxygens (including phenoxy) is 1. The summed E-state index contributed by atoms with van der Waals surface area (Å²) in [5, 5.41) is 9.15.